The molecule has 1 N–H and O–H groups in total. The number of carbonyl (C=O) groups is 1. The highest BCUT2D eigenvalue weighted by Crippen LogP contribution is 2.36. The average molecular weight is 808 g/mol. The van der Waals surface area contributed by atoms with Crippen LogP contribution in [0.5, 0.6) is 17.2 Å². The summed E-state index contributed by atoms with van der Waals surface area (Å²) in [6, 6.07) is 34.3. The normalized spacial score (nSPS) is 14.2. The Bertz CT molecular complexity index is 2470. The van der Waals surface area contributed by atoms with E-state index in [-0.39, 0.29) is 11.5 Å². The number of fused-ring (bicyclic) bond motifs is 2. The maximum absolute atomic E-state index is 14.3. The van der Waals surface area contributed by atoms with Gasteiger partial charge in [-0.2, -0.15) is 0 Å². The highest BCUT2D eigenvalue weighted by Gasteiger charge is 2.32. The van der Waals surface area contributed by atoms with Crippen LogP contribution >= 0.6 is 33.9 Å². The SMILES string of the molecule is CCOc1ccc([C@@H]2C(C(=O)Nc3ccccc3)=C(C)N=c3s/c(=C\c4cc(I)c(OCc5cccc6ccccc56)c(OC)c4)c(=O)n32)cc1. The predicted molar refractivity (Wildman–Crippen MR) is 210 cm³/mol. The number of anilines is 1. The number of nitrogens with zero attached hydrogens (tertiary/aromatic N) is 2. The van der Waals surface area contributed by atoms with E-state index in [0.29, 0.717) is 56.8 Å². The third kappa shape index (κ3) is 7.06. The fraction of sp³-hybridized carbons (Fsp3) is 0.146. The minimum Gasteiger partial charge on any atom is -0.494 e. The molecule has 1 amide bonds. The van der Waals surface area contributed by atoms with Gasteiger partial charge in [0.15, 0.2) is 16.3 Å². The molecule has 0 aliphatic carbocycles. The Kier molecular flexibility index (Phi) is 10.0. The van der Waals surface area contributed by atoms with Crippen molar-refractivity contribution < 1.29 is 19.0 Å². The zero-order valence-corrected chi connectivity index (χ0v) is 31.2. The maximum Gasteiger partial charge on any atom is 0.271 e. The number of amides is 1. The van der Waals surface area contributed by atoms with Crippen molar-refractivity contribution in [2.75, 3.05) is 19.0 Å². The zero-order chi connectivity index (χ0) is 35.5. The summed E-state index contributed by atoms with van der Waals surface area (Å²) in [6.07, 6.45) is 1.83. The van der Waals surface area contributed by atoms with Crippen LogP contribution in [0.4, 0.5) is 5.69 Å². The molecular formula is C41H34IN3O5S. The van der Waals surface area contributed by atoms with Crippen LogP contribution in [0, 0.1) is 3.57 Å². The van der Waals surface area contributed by atoms with Crippen LogP contribution in [0.2, 0.25) is 0 Å². The van der Waals surface area contributed by atoms with Gasteiger partial charge in [0.2, 0.25) is 0 Å². The molecule has 2 heterocycles. The molecule has 1 aliphatic heterocycles. The monoisotopic (exact) mass is 807 g/mol. The lowest BCUT2D eigenvalue weighted by Crippen LogP contribution is -2.40. The van der Waals surface area contributed by atoms with Crippen molar-refractivity contribution >= 4 is 62.4 Å². The Morgan fingerprint density at radius 1 is 0.961 bits per heavy atom. The van der Waals surface area contributed by atoms with Crippen molar-refractivity contribution in [2.24, 2.45) is 4.99 Å². The Morgan fingerprint density at radius 2 is 1.71 bits per heavy atom. The van der Waals surface area contributed by atoms with Gasteiger partial charge in [0, 0.05) is 5.69 Å². The molecule has 1 aromatic heterocycles. The lowest BCUT2D eigenvalue weighted by molar-refractivity contribution is -0.113. The molecule has 5 aromatic carbocycles. The molecule has 0 spiro atoms. The molecule has 0 bridgehead atoms. The molecule has 0 saturated carbocycles. The smallest absolute Gasteiger partial charge is 0.271 e. The van der Waals surface area contributed by atoms with E-state index >= 15 is 0 Å². The van der Waals surface area contributed by atoms with Gasteiger partial charge < -0.3 is 19.5 Å². The van der Waals surface area contributed by atoms with Gasteiger partial charge in [-0.3, -0.25) is 14.2 Å². The topological polar surface area (TPSA) is 91.2 Å². The molecule has 7 rings (SSSR count). The number of halogens is 1. The summed E-state index contributed by atoms with van der Waals surface area (Å²) < 4.78 is 20.7. The third-order valence-corrected chi connectivity index (χ3v) is 10.4. The highest BCUT2D eigenvalue weighted by atomic mass is 127. The molecular weight excluding hydrogens is 773 g/mol. The van der Waals surface area contributed by atoms with Crippen molar-refractivity contribution in [3.63, 3.8) is 0 Å². The van der Waals surface area contributed by atoms with Crippen LogP contribution in [0.25, 0.3) is 16.8 Å². The van der Waals surface area contributed by atoms with Crippen molar-refractivity contribution in [1.29, 1.82) is 0 Å². The lowest BCUT2D eigenvalue weighted by atomic mass is 9.95. The van der Waals surface area contributed by atoms with Crippen LogP contribution in [0.15, 0.2) is 130 Å². The van der Waals surface area contributed by atoms with Crippen LogP contribution in [0.3, 0.4) is 0 Å². The van der Waals surface area contributed by atoms with Gasteiger partial charge in [-0.25, -0.2) is 4.99 Å². The molecule has 6 aromatic rings. The van der Waals surface area contributed by atoms with E-state index in [1.165, 1.54) is 11.3 Å². The minimum atomic E-state index is -0.706. The lowest BCUT2D eigenvalue weighted by Gasteiger charge is -2.25. The molecule has 10 heteroatoms. The third-order valence-electron chi connectivity index (χ3n) is 8.61. The quantitative estimate of drug-likeness (QED) is 0.144. The van der Waals surface area contributed by atoms with E-state index in [9.17, 15) is 9.59 Å². The van der Waals surface area contributed by atoms with Crippen molar-refractivity contribution in [2.45, 2.75) is 26.5 Å². The van der Waals surface area contributed by atoms with Gasteiger partial charge in [0.05, 0.1) is 39.1 Å². The van der Waals surface area contributed by atoms with Crippen LogP contribution < -0.4 is 34.4 Å². The summed E-state index contributed by atoms with van der Waals surface area (Å²) >= 11 is 3.52. The minimum absolute atomic E-state index is 0.250. The van der Waals surface area contributed by atoms with Gasteiger partial charge >= 0.3 is 0 Å². The molecule has 51 heavy (non-hydrogen) atoms. The van der Waals surface area contributed by atoms with Crippen molar-refractivity contribution in [3.8, 4) is 17.2 Å². The van der Waals surface area contributed by atoms with E-state index in [1.807, 2.05) is 105 Å². The number of thiazole rings is 1. The summed E-state index contributed by atoms with van der Waals surface area (Å²) in [6.45, 7) is 4.63. The Hall–Kier alpha value is -5.20. The fourth-order valence-electron chi connectivity index (χ4n) is 6.24. The first-order chi connectivity index (χ1) is 24.8. The number of aromatic nitrogens is 1. The summed E-state index contributed by atoms with van der Waals surface area (Å²) in [4.78, 5) is 33.5. The molecule has 1 aliphatic rings. The average Bonchev–Trinajstić information content (AvgIpc) is 3.44. The molecule has 0 fully saturated rings. The predicted octanol–water partition coefficient (Wildman–Crippen LogP) is 7.62. The molecule has 0 saturated heterocycles. The summed E-state index contributed by atoms with van der Waals surface area (Å²) in [5, 5.41) is 5.29. The first-order valence-electron chi connectivity index (χ1n) is 16.4. The number of nitrogens with one attached hydrogen (secondary N) is 1. The second-order valence-electron chi connectivity index (χ2n) is 11.9. The first-order valence-corrected chi connectivity index (χ1v) is 18.3. The second kappa shape index (κ2) is 15.0. The summed E-state index contributed by atoms with van der Waals surface area (Å²) in [5.41, 5.74) is 3.95. The number of hydrogen-bond donors (Lipinski definition) is 1. The molecule has 1 atom stereocenters. The molecule has 256 valence electrons. The zero-order valence-electron chi connectivity index (χ0n) is 28.2. The van der Waals surface area contributed by atoms with Crippen molar-refractivity contribution in [1.82, 2.24) is 4.57 Å². The van der Waals surface area contributed by atoms with E-state index in [4.69, 9.17) is 19.2 Å². The number of methoxy groups -OCH3 is 1. The number of rotatable bonds is 10. The molecule has 0 unspecified atom stereocenters. The van der Waals surface area contributed by atoms with E-state index < -0.39 is 6.04 Å². The largest absolute Gasteiger partial charge is 0.494 e. The van der Waals surface area contributed by atoms with Crippen LogP contribution in [0.1, 0.15) is 36.6 Å². The van der Waals surface area contributed by atoms with Crippen LogP contribution in [-0.4, -0.2) is 24.2 Å². The number of ether oxygens (including phenoxy) is 3. The number of allylic oxidation sites excluding steroid dienone is 1. The number of para-hydroxylation sites is 1. The molecule has 0 radical (unpaired) electrons. The molecule has 8 nitrogen and oxygen atoms in total. The standard InChI is InChI=1S/C41H34IN3O5S/c1-4-49-31-19-17-28(18-20-31)37-36(39(46)44-30-14-6-5-7-15-30)25(2)43-41-45(37)40(47)35(51-41)23-26-21-33(42)38(34(22-26)48-3)50-24-29-13-10-12-27-11-8-9-16-32(27)29/h5-23,37H,4,24H2,1-3H3,(H,44,46)/b35-23-/t37-/m1/s1. The summed E-state index contributed by atoms with van der Waals surface area (Å²) in [5.74, 6) is 1.57. The Labute approximate surface area is 312 Å². The fourth-order valence-corrected chi connectivity index (χ4v) is 8.07. The van der Waals surface area contributed by atoms with E-state index in [1.54, 1.807) is 11.7 Å². The number of benzene rings is 5. The van der Waals surface area contributed by atoms with Gasteiger partial charge in [-0.15, -0.1) is 0 Å². The second-order valence-corrected chi connectivity index (χ2v) is 14.0. The van der Waals surface area contributed by atoms with E-state index in [2.05, 4.69) is 52.2 Å². The maximum atomic E-state index is 14.3. The van der Waals surface area contributed by atoms with E-state index in [0.717, 1.165) is 31.0 Å². The van der Waals surface area contributed by atoms with Gasteiger partial charge in [0.1, 0.15) is 12.4 Å². The van der Waals surface area contributed by atoms with Gasteiger partial charge in [-0.05, 0) is 106 Å². The summed E-state index contributed by atoms with van der Waals surface area (Å²) in [7, 11) is 1.61. The highest BCUT2D eigenvalue weighted by molar-refractivity contribution is 14.1. The van der Waals surface area contributed by atoms with Gasteiger partial charge in [-0.1, -0.05) is 84.1 Å². The van der Waals surface area contributed by atoms with Crippen LogP contribution in [-0.2, 0) is 11.4 Å². The Morgan fingerprint density at radius 3 is 2.47 bits per heavy atom. The van der Waals surface area contributed by atoms with Crippen molar-refractivity contribution in [3.05, 3.63) is 160 Å². The Balaban J connectivity index is 1.26. The first kappa shape index (κ1) is 34.3. The van der Waals surface area contributed by atoms with Gasteiger partial charge in [0.25, 0.3) is 11.5 Å². The number of hydrogen-bond acceptors (Lipinski definition) is 7. The number of carbonyl (C=O) groups excluding carboxylic acids is 1.